The Morgan fingerprint density at radius 2 is 2.05 bits per heavy atom. The molecule has 106 valence electrons. The molecule has 1 N–H and O–H groups in total. The average Bonchev–Trinajstić information content (AvgIpc) is 2.82. The molecule has 3 heterocycles. The summed E-state index contributed by atoms with van der Waals surface area (Å²) in [4.78, 5) is 4.21. The number of rotatable bonds is 1. The first-order valence-corrected chi connectivity index (χ1v) is 6.78. The van der Waals surface area contributed by atoms with Crippen LogP contribution >= 0.6 is 0 Å². The van der Waals surface area contributed by atoms with Crippen molar-refractivity contribution in [2.45, 2.75) is 50.2 Å². The highest BCUT2D eigenvalue weighted by Crippen LogP contribution is 2.40. The number of halogens is 3. The van der Waals surface area contributed by atoms with Gasteiger partial charge in [-0.3, -0.25) is 0 Å². The highest BCUT2D eigenvalue weighted by molar-refractivity contribution is 5.09. The Morgan fingerprint density at radius 3 is 2.74 bits per heavy atom. The first-order chi connectivity index (χ1) is 9.05. The molecule has 1 aromatic heterocycles. The van der Waals surface area contributed by atoms with Gasteiger partial charge in [0.2, 0.25) is 0 Å². The minimum absolute atomic E-state index is 0.110. The van der Waals surface area contributed by atoms with Gasteiger partial charge in [0.05, 0.1) is 0 Å². The zero-order valence-corrected chi connectivity index (χ0v) is 10.6. The van der Waals surface area contributed by atoms with E-state index in [0.717, 1.165) is 25.9 Å². The fourth-order valence-electron chi connectivity index (χ4n) is 2.92. The fourth-order valence-corrected chi connectivity index (χ4v) is 2.92. The Morgan fingerprint density at radius 1 is 1.21 bits per heavy atom. The van der Waals surface area contributed by atoms with Crippen molar-refractivity contribution < 1.29 is 13.2 Å². The number of alkyl halides is 3. The summed E-state index contributed by atoms with van der Waals surface area (Å²) in [5, 5.41) is 7.55. The largest absolute Gasteiger partial charge is 0.398 e. The van der Waals surface area contributed by atoms with Gasteiger partial charge in [-0.25, -0.2) is 9.67 Å². The Bertz CT molecular complexity index is 448. The number of hydrogen-bond donors (Lipinski definition) is 1. The second kappa shape index (κ2) is 4.77. The molecule has 1 saturated heterocycles. The Balaban J connectivity index is 1.88. The Kier molecular flexibility index (Phi) is 3.24. The van der Waals surface area contributed by atoms with Crippen LogP contribution in [0.1, 0.15) is 49.2 Å². The summed E-state index contributed by atoms with van der Waals surface area (Å²) >= 11 is 0. The van der Waals surface area contributed by atoms with Crippen molar-refractivity contribution in [2.75, 3.05) is 13.1 Å². The van der Waals surface area contributed by atoms with Crippen molar-refractivity contribution in [2.24, 2.45) is 0 Å². The summed E-state index contributed by atoms with van der Waals surface area (Å²) in [6.45, 7) is 2.28. The van der Waals surface area contributed by atoms with Crippen LogP contribution in [0.15, 0.2) is 0 Å². The van der Waals surface area contributed by atoms with E-state index in [1.165, 1.54) is 4.68 Å². The molecule has 1 aromatic rings. The van der Waals surface area contributed by atoms with Gasteiger partial charge in [0.15, 0.2) is 5.82 Å². The van der Waals surface area contributed by atoms with E-state index in [0.29, 0.717) is 18.8 Å². The minimum atomic E-state index is -4.21. The maximum absolute atomic E-state index is 13.0. The van der Waals surface area contributed by atoms with E-state index in [2.05, 4.69) is 15.4 Å². The van der Waals surface area contributed by atoms with E-state index in [1.54, 1.807) is 0 Å². The zero-order valence-electron chi connectivity index (χ0n) is 10.6. The van der Waals surface area contributed by atoms with E-state index in [-0.39, 0.29) is 18.2 Å². The predicted molar refractivity (Wildman–Crippen MR) is 62.9 cm³/mol. The third-order valence-corrected chi connectivity index (χ3v) is 3.95. The van der Waals surface area contributed by atoms with Gasteiger partial charge in [-0.2, -0.15) is 18.3 Å². The molecule has 2 atom stereocenters. The van der Waals surface area contributed by atoms with Crippen molar-refractivity contribution in [1.29, 1.82) is 0 Å². The van der Waals surface area contributed by atoms with Crippen LogP contribution in [0, 0.1) is 0 Å². The summed E-state index contributed by atoms with van der Waals surface area (Å²) in [7, 11) is 0. The minimum Gasteiger partial charge on any atom is -0.316 e. The second-order valence-corrected chi connectivity index (χ2v) is 5.33. The molecule has 19 heavy (non-hydrogen) atoms. The van der Waals surface area contributed by atoms with Gasteiger partial charge in [-0.05, 0) is 32.2 Å². The number of hydrogen-bond acceptors (Lipinski definition) is 3. The van der Waals surface area contributed by atoms with Crippen LogP contribution in [0.5, 0.6) is 0 Å². The third-order valence-electron chi connectivity index (χ3n) is 3.95. The number of piperidine rings is 1. The van der Waals surface area contributed by atoms with Gasteiger partial charge in [-0.15, -0.1) is 0 Å². The number of fused-ring (bicyclic) bond motifs is 1. The molecule has 0 radical (unpaired) electrons. The predicted octanol–water partition coefficient (Wildman–Crippen LogP) is 2.18. The maximum atomic E-state index is 13.0. The highest BCUT2D eigenvalue weighted by Gasteiger charge is 2.45. The van der Waals surface area contributed by atoms with Gasteiger partial charge in [0.1, 0.15) is 11.7 Å². The van der Waals surface area contributed by atoms with Gasteiger partial charge in [0.25, 0.3) is 0 Å². The van der Waals surface area contributed by atoms with E-state index >= 15 is 0 Å². The Hall–Kier alpha value is -1.11. The molecule has 7 heteroatoms. The number of nitrogens with zero attached hydrogens (tertiary/aromatic N) is 3. The van der Waals surface area contributed by atoms with Crippen LogP contribution in [0.25, 0.3) is 0 Å². The third kappa shape index (κ3) is 2.48. The molecule has 2 unspecified atom stereocenters. The summed E-state index contributed by atoms with van der Waals surface area (Å²) in [5.41, 5.74) is 0. The van der Waals surface area contributed by atoms with Crippen LogP contribution in [-0.4, -0.2) is 34.0 Å². The standard InChI is InChI=1S/C12H17F3N4/c13-12(14,15)9-4-2-6-19-11(9)17-10(18-19)8-3-1-5-16-7-8/h8-9,16H,1-7H2. The average molecular weight is 274 g/mol. The summed E-state index contributed by atoms with van der Waals surface area (Å²) in [5.74, 6) is -0.600. The molecule has 1 fully saturated rings. The van der Waals surface area contributed by atoms with E-state index in [4.69, 9.17) is 0 Å². The van der Waals surface area contributed by atoms with Crippen molar-refractivity contribution in [3.8, 4) is 0 Å². The van der Waals surface area contributed by atoms with Crippen molar-refractivity contribution in [1.82, 2.24) is 20.1 Å². The molecular weight excluding hydrogens is 257 g/mol. The van der Waals surface area contributed by atoms with Gasteiger partial charge >= 0.3 is 6.18 Å². The van der Waals surface area contributed by atoms with Crippen LogP contribution in [0.4, 0.5) is 13.2 Å². The lowest BCUT2D eigenvalue weighted by molar-refractivity contribution is -0.156. The molecule has 0 aliphatic carbocycles. The second-order valence-electron chi connectivity index (χ2n) is 5.33. The molecule has 3 rings (SSSR count). The maximum Gasteiger partial charge on any atom is 0.398 e. The van der Waals surface area contributed by atoms with Crippen LogP contribution in [0.3, 0.4) is 0 Å². The number of aryl methyl sites for hydroxylation is 1. The smallest absolute Gasteiger partial charge is 0.316 e. The molecule has 0 spiro atoms. The van der Waals surface area contributed by atoms with Gasteiger partial charge in [-0.1, -0.05) is 0 Å². The number of nitrogens with one attached hydrogen (secondary N) is 1. The van der Waals surface area contributed by atoms with Crippen molar-refractivity contribution >= 4 is 0 Å². The lowest BCUT2D eigenvalue weighted by Gasteiger charge is -2.23. The van der Waals surface area contributed by atoms with Crippen molar-refractivity contribution in [3.05, 3.63) is 11.6 Å². The fraction of sp³-hybridized carbons (Fsp3) is 0.833. The van der Waals surface area contributed by atoms with Gasteiger partial charge < -0.3 is 5.32 Å². The molecule has 0 bridgehead atoms. The molecule has 0 aromatic carbocycles. The molecule has 0 saturated carbocycles. The normalized spacial score (nSPS) is 28.2. The van der Waals surface area contributed by atoms with Crippen LogP contribution < -0.4 is 5.32 Å². The van der Waals surface area contributed by atoms with Crippen molar-refractivity contribution in [3.63, 3.8) is 0 Å². The van der Waals surface area contributed by atoms with E-state index in [1.807, 2.05) is 0 Å². The van der Waals surface area contributed by atoms with Crippen LogP contribution in [0.2, 0.25) is 0 Å². The Labute approximate surface area is 109 Å². The SMILES string of the molecule is FC(F)(F)C1CCCn2nc(C3CCCNC3)nc21. The lowest BCUT2D eigenvalue weighted by atomic mass is 9.98. The van der Waals surface area contributed by atoms with Gasteiger partial charge in [0, 0.05) is 19.0 Å². The van der Waals surface area contributed by atoms with E-state index < -0.39 is 12.1 Å². The van der Waals surface area contributed by atoms with E-state index in [9.17, 15) is 13.2 Å². The highest BCUT2D eigenvalue weighted by atomic mass is 19.4. The summed E-state index contributed by atoms with van der Waals surface area (Å²) in [6.07, 6.45) is -1.59. The quantitative estimate of drug-likeness (QED) is 0.853. The first-order valence-electron chi connectivity index (χ1n) is 6.78. The molecule has 4 nitrogen and oxygen atoms in total. The monoisotopic (exact) mass is 274 g/mol. The van der Waals surface area contributed by atoms with Crippen LogP contribution in [-0.2, 0) is 6.54 Å². The summed E-state index contributed by atoms with van der Waals surface area (Å²) in [6, 6.07) is 0. The topological polar surface area (TPSA) is 42.7 Å². The molecular formula is C12H17F3N4. The molecule has 2 aliphatic heterocycles. The number of aromatic nitrogens is 3. The molecule has 2 aliphatic rings. The summed E-state index contributed by atoms with van der Waals surface area (Å²) < 4.78 is 40.4. The zero-order chi connectivity index (χ0) is 13.5. The molecule has 0 amide bonds. The first kappa shape index (κ1) is 12.9. The lowest BCUT2D eigenvalue weighted by Crippen LogP contribution is -2.29.